The highest BCUT2D eigenvalue weighted by atomic mass is 16.2. The standard InChI is InChI=1S/C10H17NO2/c1-5-7-9(8(3)12)11(4)10(13)6-2/h5,9H,1,6-7H2,2-4H3/t9-/m0/s1. The second-order valence-corrected chi connectivity index (χ2v) is 3.01. The van der Waals surface area contributed by atoms with E-state index in [1.807, 2.05) is 0 Å². The van der Waals surface area contributed by atoms with Crippen molar-refractivity contribution in [1.29, 1.82) is 0 Å². The van der Waals surface area contributed by atoms with Gasteiger partial charge in [-0.05, 0) is 13.3 Å². The first kappa shape index (κ1) is 11.9. The monoisotopic (exact) mass is 183 g/mol. The molecule has 0 aromatic heterocycles. The van der Waals surface area contributed by atoms with E-state index in [0.717, 1.165) is 0 Å². The van der Waals surface area contributed by atoms with Gasteiger partial charge >= 0.3 is 0 Å². The van der Waals surface area contributed by atoms with Crippen LogP contribution in [0.15, 0.2) is 12.7 Å². The van der Waals surface area contributed by atoms with Crippen LogP contribution in [0.4, 0.5) is 0 Å². The summed E-state index contributed by atoms with van der Waals surface area (Å²) in [7, 11) is 1.65. The van der Waals surface area contributed by atoms with Gasteiger partial charge in [0.15, 0.2) is 5.78 Å². The van der Waals surface area contributed by atoms with Crippen LogP contribution in [0.25, 0.3) is 0 Å². The van der Waals surface area contributed by atoms with Crippen LogP contribution in [-0.4, -0.2) is 29.7 Å². The van der Waals surface area contributed by atoms with E-state index in [0.29, 0.717) is 12.8 Å². The van der Waals surface area contributed by atoms with Gasteiger partial charge < -0.3 is 4.90 Å². The van der Waals surface area contributed by atoms with Gasteiger partial charge in [-0.1, -0.05) is 13.0 Å². The number of hydrogen-bond acceptors (Lipinski definition) is 2. The maximum Gasteiger partial charge on any atom is 0.222 e. The van der Waals surface area contributed by atoms with Crippen molar-refractivity contribution >= 4 is 11.7 Å². The number of amides is 1. The van der Waals surface area contributed by atoms with Gasteiger partial charge in [0.1, 0.15) is 0 Å². The zero-order valence-electron chi connectivity index (χ0n) is 8.54. The van der Waals surface area contributed by atoms with Crippen LogP contribution in [0, 0.1) is 0 Å². The van der Waals surface area contributed by atoms with Crippen LogP contribution in [-0.2, 0) is 9.59 Å². The molecule has 3 heteroatoms. The van der Waals surface area contributed by atoms with E-state index < -0.39 is 0 Å². The lowest BCUT2D eigenvalue weighted by molar-refractivity contribution is -0.137. The number of carbonyl (C=O) groups is 2. The van der Waals surface area contributed by atoms with Crippen molar-refractivity contribution < 1.29 is 9.59 Å². The largest absolute Gasteiger partial charge is 0.335 e. The first-order chi connectivity index (χ1) is 6.04. The Hall–Kier alpha value is -1.12. The molecule has 0 bridgehead atoms. The summed E-state index contributed by atoms with van der Waals surface area (Å²) in [6, 6.07) is -0.343. The quantitative estimate of drug-likeness (QED) is 0.604. The number of hydrogen-bond donors (Lipinski definition) is 0. The maximum atomic E-state index is 11.3. The Kier molecular flexibility index (Phi) is 5.04. The number of ketones is 1. The molecule has 0 saturated heterocycles. The molecule has 0 spiro atoms. The fraction of sp³-hybridized carbons (Fsp3) is 0.600. The lowest BCUT2D eigenvalue weighted by Gasteiger charge is -2.24. The lowest BCUT2D eigenvalue weighted by atomic mass is 10.1. The Labute approximate surface area is 79.4 Å². The smallest absolute Gasteiger partial charge is 0.222 e. The third kappa shape index (κ3) is 3.40. The third-order valence-electron chi connectivity index (χ3n) is 2.02. The number of nitrogens with zero attached hydrogens (tertiary/aromatic N) is 1. The number of rotatable bonds is 5. The van der Waals surface area contributed by atoms with Gasteiger partial charge in [0.05, 0.1) is 6.04 Å². The molecule has 74 valence electrons. The first-order valence-corrected chi connectivity index (χ1v) is 4.41. The molecular weight excluding hydrogens is 166 g/mol. The minimum absolute atomic E-state index is 0.00389. The number of likely N-dealkylation sites (N-methyl/N-ethyl adjacent to an activating group) is 1. The molecule has 0 aromatic rings. The molecule has 0 heterocycles. The predicted octanol–water partition coefficient (Wildman–Crippen LogP) is 1.39. The normalized spacial score (nSPS) is 11.9. The van der Waals surface area contributed by atoms with E-state index in [9.17, 15) is 9.59 Å². The van der Waals surface area contributed by atoms with Gasteiger partial charge in [-0.3, -0.25) is 9.59 Å². The fourth-order valence-electron chi connectivity index (χ4n) is 1.18. The Bertz CT molecular complexity index is 211. The molecule has 1 amide bonds. The second-order valence-electron chi connectivity index (χ2n) is 3.01. The van der Waals surface area contributed by atoms with E-state index in [2.05, 4.69) is 6.58 Å². The summed E-state index contributed by atoms with van der Waals surface area (Å²) < 4.78 is 0. The lowest BCUT2D eigenvalue weighted by Crippen LogP contribution is -2.40. The maximum absolute atomic E-state index is 11.3. The average molecular weight is 183 g/mol. The molecule has 0 unspecified atom stereocenters. The Morgan fingerprint density at radius 1 is 1.54 bits per heavy atom. The third-order valence-corrected chi connectivity index (χ3v) is 2.02. The van der Waals surface area contributed by atoms with Crippen LogP contribution in [0.2, 0.25) is 0 Å². The zero-order valence-corrected chi connectivity index (χ0v) is 8.54. The van der Waals surface area contributed by atoms with Crippen molar-refractivity contribution in [3.05, 3.63) is 12.7 Å². The molecule has 0 saturated carbocycles. The summed E-state index contributed by atoms with van der Waals surface area (Å²) in [6.07, 6.45) is 2.61. The average Bonchev–Trinajstić information content (AvgIpc) is 2.11. The van der Waals surface area contributed by atoms with Crippen LogP contribution >= 0.6 is 0 Å². The molecule has 13 heavy (non-hydrogen) atoms. The summed E-state index contributed by atoms with van der Waals surface area (Å²) in [4.78, 5) is 23.9. The zero-order chi connectivity index (χ0) is 10.4. The summed E-state index contributed by atoms with van der Waals surface area (Å²) in [5.74, 6) is -0.00810. The van der Waals surface area contributed by atoms with Crippen molar-refractivity contribution in [2.24, 2.45) is 0 Å². The Balaban J connectivity index is 4.44. The van der Waals surface area contributed by atoms with Crippen LogP contribution in [0.5, 0.6) is 0 Å². The highest BCUT2D eigenvalue weighted by Gasteiger charge is 2.20. The number of carbonyl (C=O) groups excluding carboxylic acids is 2. The van der Waals surface area contributed by atoms with E-state index in [-0.39, 0.29) is 17.7 Å². The topological polar surface area (TPSA) is 37.4 Å². The Morgan fingerprint density at radius 3 is 2.38 bits per heavy atom. The van der Waals surface area contributed by atoms with Gasteiger partial charge in [0.2, 0.25) is 5.91 Å². The molecule has 0 aliphatic heterocycles. The summed E-state index contributed by atoms with van der Waals surface area (Å²) in [5, 5.41) is 0. The van der Waals surface area contributed by atoms with Crippen LogP contribution < -0.4 is 0 Å². The molecule has 0 N–H and O–H groups in total. The molecule has 0 aromatic carbocycles. The van der Waals surface area contributed by atoms with Crippen molar-refractivity contribution in [3.63, 3.8) is 0 Å². The minimum atomic E-state index is -0.343. The van der Waals surface area contributed by atoms with Crippen molar-refractivity contribution in [2.45, 2.75) is 32.7 Å². The molecule has 0 aliphatic carbocycles. The van der Waals surface area contributed by atoms with Gasteiger partial charge in [-0.25, -0.2) is 0 Å². The van der Waals surface area contributed by atoms with Crippen molar-refractivity contribution in [2.75, 3.05) is 7.05 Å². The molecule has 0 rings (SSSR count). The molecule has 0 fully saturated rings. The van der Waals surface area contributed by atoms with Crippen molar-refractivity contribution in [1.82, 2.24) is 4.90 Å². The van der Waals surface area contributed by atoms with Crippen LogP contribution in [0.1, 0.15) is 26.7 Å². The number of Topliss-reactive ketones (excluding diaryl/α,β-unsaturated/α-hetero) is 1. The minimum Gasteiger partial charge on any atom is -0.335 e. The van der Waals surface area contributed by atoms with E-state index in [1.165, 1.54) is 11.8 Å². The van der Waals surface area contributed by atoms with Crippen LogP contribution in [0.3, 0.4) is 0 Å². The highest BCUT2D eigenvalue weighted by Crippen LogP contribution is 2.05. The first-order valence-electron chi connectivity index (χ1n) is 4.41. The Morgan fingerprint density at radius 2 is 2.08 bits per heavy atom. The summed E-state index contributed by atoms with van der Waals surface area (Å²) in [5.41, 5.74) is 0. The SMILES string of the molecule is C=CC[C@@H](C(C)=O)N(C)C(=O)CC. The van der Waals surface area contributed by atoms with Gasteiger partial charge in [0, 0.05) is 13.5 Å². The highest BCUT2D eigenvalue weighted by molar-refractivity contribution is 5.87. The molecule has 0 radical (unpaired) electrons. The van der Waals surface area contributed by atoms with E-state index in [1.54, 1.807) is 20.0 Å². The predicted molar refractivity (Wildman–Crippen MR) is 52.3 cm³/mol. The summed E-state index contributed by atoms with van der Waals surface area (Å²) in [6.45, 7) is 6.84. The molecule has 1 atom stereocenters. The van der Waals surface area contributed by atoms with E-state index >= 15 is 0 Å². The van der Waals surface area contributed by atoms with Gasteiger partial charge in [0.25, 0.3) is 0 Å². The molecule has 3 nitrogen and oxygen atoms in total. The van der Waals surface area contributed by atoms with Gasteiger partial charge in [-0.15, -0.1) is 6.58 Å². The van der Waals surface area contributed by atoms with Gasteiger partial charge in [-0.2, -0.15) is 0 Å². The summed E-state index contributed by atoms with van der Waals surface area (Å²) >= 11 is 0. The second kappa shape index (κ2) is 5.51. The molecule has 0 aliphatic rings. The fourth-order valence-corrected chi connectivity index (χ4v) is 1.18. The van der Waals surface area contributed by atoms with E-state index in [4.69, 9.17) is 0 Å². The van der Waals surface area contributed by atoms with Crippen molar-refractivity contribution in [3.8, 4) is 0 Å². The molecular formula is C10H17NO2.